The zero-order chi connectivity index (χ0) is 41.3. The van der Waals surface area contributed by atoms with Gasteiger partial charge in [0.05, 0.1) is 14.2 Å². The van der Waals surface area contributed by atoms with Crippen molar-refractivity contribution in [2.24, 2.45) is 0 Å². The molecule has 0 N–H and O–H groups in total. The summed E-state index contributed by atoms with van der Waals surface area (Å²) in [6.07, 6.45) is 4.44. The third-order valence-electron chi connectivity index (χ3n) is 11.5. The van der Waals surface area contributed by atoms with E-state index in [2.05, 4.69) is 182 Å². The van der Waals surface area contributed by atoms with Crippen molar-refractivity contribution >= 4 is 43.8 Å². The maximum Gasteiger partial charge on any atom is 0.128 e. The molecule has 8 aromatic rings. The molecule has 0 spiro atoms. The Morgan fingerprint density at radius 2 is 0.667 bits per heavy atom. The van der Waals surface area contributed by atoms with Crippen LogP contribution in [0.1, 0.15) is 71.9 Å². The van der Waals surface area contributed by atoms with Crippen molar-refractivity contribution in [1.82, 2.24) is 0 Å². The van der Waals surface area contributed by atoms with Gasteiger partial charge in [-0.3, -0.25) is 0 Å². The number of allylic oxidation sites excluding steroid dienone is 2. The molecule has 0 aliphatic carbocycles. The second-order valence-corrected chi connectivity index (χ2v) is 15.0. The van der Waals surface area contributed by atoms with E-state index in [1.54, 1.807) is 14.2 Å². The average Bonchev–Trinajstić information content (AvgIpc) is 3.32. The summed E-state index contributed by atoms with van der Waals surface area (Å²) >= 11 is 0. The number of fused-ring (bicyclic) bond motifs is 2. The molecule has 8 aromatic carbocycles. The summed E-state index contributed by atoms with van der Waals surface area (Å²) in [7, 11) is 3.55. The molecule has 60 heavy (non-hydrogen) atoms. The van der Waals surface area contributed by atoms with Crippen molar-refractivity contribution in [3.63, 3.8) is 0 Å². The molecule has 0 amide bonds. The Labute approximate surface area is 356 Å². The summed E-state index contributed by atoms with van der Waals surface area (Å²) in [5.41, 5.74) is 13.8. The van der Waals surface area contributed by atoms with E-state index in [0.29, 0.717) is 12.8 Å². The summed E-state index contributed by atoms with van der Waals surface area (Å²) in [4.78, 5) is 0. The SMILES string of the molecule is [CH]CCCC(=C(c1ccccc1)c1ccccc1)c1cc(OC)c(-c2c(OC)cc(C(CCC[CH])=C(c3ccccc3)c3ccccc3)c3ccccc23)c2ccccc12. The predicted octanol–water partition coefficient (Wildman–Crippen LogP) is 15.4. The van der Waals surface area contributed by atoms with Gasteiger partial charge < -0.3 is 9.47 Å². The van der Waals surface area contributed by atoms with E-state index in [1.165, 1.54) is 22.3 Å². The van der Waals surface area contributed by atoms with Crippen LogP contribution < -0.4 is 9.47 Å². The van der Waals surface area contributed by atoms with Crippen LogP contribution in [-0.2, 0) is 0 Å². The van der Waals surface area contributed by atoms with Crippen LogP contribution in [0.4, 0.5) is 0 Å². The second-order valence-electron chi connectivity index (χ2n) is 15.0. The topological polar surface area (TPSA) is 18.5 Å². The highest BCUT2D eigenvalue weighted by molar-refractivity contribution is 6.17. The van der Waals surface area contributed by atoms with E-state index >= 15 is 0 Å². The molecule has 4 radical (unpaired) electrons. The van der Waals surface area contributed by atoms with Crippen LogP contribution in [0.25, 0.3) is 55.0 Å². The Hall–Kier alpha value is -6.64. The van der Waals surface area contributed by atoms with Gasteiger partial charge in [0.1, 0.15) is 11.5 Å². The lowest BCUT2D eigenvalue weighted by Gasteiger charge is -2.24. The minimum absolute atomic E-state index is 0.584. The number of methoxy groups -OCH3 is 2. The largest absolute Gasteiger partial charge is 0.496 e. The van der Waals surface area contributed by atoms with Gasteiger partial charge in [-0.05, 0) is 142 Å². The fourth-order valence-electron chi connectivity index (χ4n) is 8.83. The van der Waals surface area contributed by atoms with Gasteiger partial charge in [-0.25, -0.2) is 0 Å². The van der Waals surface area contributed by atoms with E-state index in [0.717, 1.165) is 103 Å². The Morgan fingerprint density at radius 1 is 0.383 bits per heavy atom. The van der Waals surface area contributed by atoms with Crippen molar-refractivity contribution in [2.45, 2.75) is 38.5 Å². The van der Waals surface area contributed by atoms with Crippen LogP contribution in [0.3, 0.4) is 0 Å². The number of hydrogen-bond donors (Lipinski definition) is 0. The summed E-state index contributed by atoms with van der Waals surface area (Å²) in [6.45, 7) is 12.5. The van der Waals surface area contributed by atoms with Crippen molar-refractivity contribution < 1.29 is 9.47 Å². The highest BCUT2D eigenvalue weighted by atomic mass is 16.5. The van der Waals surface area contributed by atoms with E-state index in [9.17, 15) is 0 Å². The monoisotopic (exact) mass is 778 g/mol. The third kappa shape index (κ3) is 8.03. The maximum atomic E-state index is 6.50. The lowest BCUT2D eigenvalue weighted by atomic mass is 9.81. The van der Waals surface area contributed by atoms with E-state index < -0.39 is 0 Å². The van der Waals surface area contributed by atoms with Gasteiger partial charge >= 0.3 is 0 Å². The van der Waals surface area contributed by atoms with E-state index in [-0.39, 0.29) is 0 Å². The normalized spacial score (nSPS) is 11.1. The molecule has 2 nitrogen and oxygen atoms in total. The molecule has 0 unspecified atom stereocenters. The number of ether oxygens (including phenoxy) is 2. The Bertz CT molecular complexity index is 2490. The molecule has 0 heterocycles. The van der Waals surface area contributed by atoms with Crippen molar-refractivity contribution in [1.29, 1.82) is 0 Å². The lowest BCUT2D eigenvalue weighted by molar-refractivity contribution is 0.411. The summed E-state index contributed by atoms with van der Waals surface area (Å²) < 4.78 is 13.0. The van der Waals surface area contributed by atoms with Crippen molar-refractivity contribution in [2.75, 3.05) is 14.2 Å². The predicted molar refractivity (Wildman–Crippen MR) is 254 cm³/mol. The van der Waals surface area contributed by atoms with Gasteiger partial charge in [0, 0.05) is 11.1 Å². The maximum absolute atomic E-state index is 6.50. The van der Waals surface area contributed by atoms with Gasteiger partial charge in [0.15, 0.2) is 0 Å². The zero-order valence-electron chi connectivity index (χ0n) is 34.5. The summed E-state index contributed by atoms with van der Waals surface area (Å²) in [5.74, 6) is 1.55. The van der Waals surface area contributed by atoms with E-state index in [4.69, 9.17) is 23.3 Å². The number of unbranched alkanes of at least 4 members (excludes halogenated alkanes) is 2. The minimum Gasteiger partial charge on any atom is -0.496 e. The van der Waals surface area contributed by atoms with Crippen LogP contribution in [0, 0.1) is 13.8 Å². The first kappa shape index (κ1) is 40.2. The molecule has 0 saturated heterocycles. The molecule has 0 atom stereocenters. The number of hydrogen-bond acceptors (Lipinski definition) is 2. The molecule has 0 saturated carbocycles. The first-order chi connectivity index (χ1) is 29.7. The highest BCUT2D eigenvalue weighted by Gasteiger charge is 2.26. The molecule has 294 valence electrons. The van der Waals surface area contributed by atoms with Gasteiger partial charge in [0.25, 0.3) is 0 Å². The van der Waals surface area contributed by atoms with Crippen LogP contribution in [0.15, 0.2) is 182 Å². The molecule has 2 heteroatoms. The van der Waals surface area contributed by atoms with Crippen LogP contribution in [0.5, 0.6) is 11.5 Å². The third-order valence-corrected chi connectivity index (χ3v) is 11.5. The molecular weight excluding hydrogens is 729 g/mol. The zero-order valence-corrected chi connectivity index (χ0v) is 34.5. The Kier molecular flexibility index (Phi) is 12.7. The van der Waals surface area contributed by atoms with Crippen LogP contribution >= 0.6 is 0 Å². The van der Waals surface area contributed by atoms with Crippen LogP contribution in [-0.4, -0.2) is 14.2 Å². The molecular formula is C58H50O2. The van der Waals surface area contributed by atoms with Gasteiger partial charge in [-0.1, -0.05) is 170 Å². The fourth-order valence-corrected chi connectivity index (χ4v) is 8.83. The standard InChI is InChI=1S/C58H50O2/c1-5-7-33-49(55(41-25-13-9-14-26-41)42-27-15-10-16-28-42)51-39-53(59-3)57(47-37-23-21-35-45(47)51)58-48-38-24-22-36-46(48)52(40-54(58)60-4)50(34-8-6-2)56(43-29-17-11-18-30-43)44-31-19-12-20-32-44/h1-2,9-32,35-40H,5-8,33-34H2,3-4H3. The minimum atomic E-state index is 0.584. The van der Waals surface area contributed by atoms with Crippen LogP contribution in [0.2, 0.25) is 0 Å². The average molecular weight is 779 g/mol. The molecule has 0 bridgehead atoms. The van der Waals surface area contributed by atoms with Crippen molar-refractivity contribution in [3.8, 4) is 22.6 Å². The molecule has 0 fully saturated rings. The number of rotatable bonds is 15. The first-order valence-corrected chi connectivity index (χ1v) is 21.0. The smallest absolute Gasteiger partial charge is 0.128 e. The molecule has 0 aliphatic rings. The molecule has 0 aliphatic heterocycles. The second kappa shape index (κ2) is 19.0. The summed E-state index contributed by atoms with van der Waals surface area (Å²) in [5, 5.41) is 4.45. The quantitative estimate of drug-likeness (QED) is 0.0965. The highest BCUT2D eigenvalue weighted by Crippen LogP contribution is 2.51. The fraction of sp³-hybridized carbons (Fsp3) is 0.138. The van der Waals surface area contributed by atoms with Gasteiger partial charge in [-0.15, -0.1) is 0 Å². The van der Waals surface area contributed by atoms with Gasteiger partial charge in [0.2, 0.25) is 0 Å². The Morgan fingerprint density at radius 3 is 0.950 bits per heavy atom. The van der Waals surface area contributed by atoms with Gasteiger partial charge in [-0.2, -0.15) is 0 Å². The summed E-state index contributed by atoms with van der Waals surface area (Å²) in [6, 6.07) is 64.7. The molecule has 8 rings (SSSR count). The first-order valence-electron chi connectivity index (χ1n) is 21.0. The Balaban J connectivity index is 1.45. The number of benzene rings is 8. The molecule has 0 aromatic heterocycles. The lowest BCUT2D eigenvalue weighted by Crippen LogP contribution is -2.02. The van der Waals surface area contributed by atoms with Crippen molar-refractivity contribution in [3.05, 3.63) is 229 Å². The van der Waals surface area contributed by atoms with E-state index in [1.807, 2.05) is 0 Å².